The molecule has 0 radical (unpaired) electrons. The number of nitrogens with one attached hydrogen (secondary N) is 1. The molecule has 158 valence electrons. The SMILES string of the molecule is CCN(CC)S(=O)(=O)c1ccc(NS(=O)(=O)c2cc([N+](=O)[O-])ccc2OC)cc1. The van der Waals surface area contributed by atoms with E-state index in [0.717, 1.165) is 12.1 Å². The number of nitrogens with zero attached hydrogens (tertiary/aromatic N) is 2. The number of anilines is 1. The maximum atomic E-state index is 12.7. The first kappa shape index (κ1) is 22.6. The molecule has 0 heterocycles. The molecule has 0 amide bonds. The smallest absolute Gasteiger partial charge is 0.271 e. The molecule has 0 aliphatic heterocycles. The number of methoxy groups -OCH3 is 1. The van der Waals surface area contributed by atoms with Gasteiger partial charge in [-0.1, -0.05) is 13.8 Å². The third-order valence-corrected chi connectivity index (χ3v) is 7.56. The zero-order chi connectivity index (χ0) is 21.8. The van der Waals surface area contributed by atoms with Crippen LogP contribution in [-0.2, 0) is 20.0 Å². The second-order valence-electron chi connectivity index (χ2n) is 5.81. The van der Waals surface area contributed by atoms with Crippen LogP contribution in [0.25, 0.3) is 0 Å². The van der Waals surface area contributed by atoms with Gasteiger partial charge in [-0.2, -0.15) is 4.31 Å². The molecule has 2 rings (SSSR count). The van der Waals surface area contributed by atoms with Gasteiger partial charge in [-0.25, -0.2) is 16.8 Å². The molecule has 12 heteroatoms. The van der Waals surface area contributed by atoms with Crippen molar-refractivity contribution in [3.63, 3.8) is 0 Å². The van der Waals surface area contributed by atoms with Crippen molar-refractivity contribution in [1.29, 1.82) is 0 Å². The van der Waals surface area contributed by atoms with Crippen molar-refractivity contribution in [2.75, 3.05) is 24.9 Å². The van der Waals surface area contributed by atoms with Crippen LogP contribution < -0.4 is 9.46 Å². The molecule has 29 heavy (non-hydrogen) atoms. The van der Waals surface area contributed by atoms with E-state index in [1.807, 2.05) is 0 Å². The predicted molar refractivity (Wildman–Crippen MR) is 107 cm³/mol. The molecule has 0 bridgehead atoms. The molecule has 0 spiro atoms. The largest absolute Gasteiger partial charge is 0.495 e. The van der Waals surface area contributed by atoms with Gasteiger partial charge in [0.1, 0.15) is 10.6 Å². The zero-order valence-corrected chi connectivity index (χ0v) is 17.7. The van der Waals surface area contributed by atoms with Gasteiger partial charge in [0.25, 0.3) is 15.7 Å². The number of ether oxygens (including phenoxy) is 1. The average Bonchev–Trinajstić information content (AvgIpc) is 2.68. The lowest BCUT2D eigenvalue weighted by molar-refractivity contribution is -0.385. The van der Waals surface area contributed by atoms with Crippen LogP contribution in [0.2, 0.25) is 0 Å². The number of nitro benzene ring substituents is 1. The molecule has 10 nitrogen and oxygen atoms in total. The van der Waals surface area contributed by atoms with E-state index in [1.165, 1.54) is 41.7 Å². The lowest BCUT2D eigenvalue weighted by atomic mass is 10.3. The van der Waals surface area contributed by atoms with E-state index >= 15 is 0 Å². The van der Waals surface area contributed by atoms with Crippen LogP contribution in [0.1, 0.15) is 13.8 Å². The van der Waals surface area contributed by atoms with Crippen LogP contribution in [0.5, 0.6) is 5.75 Å². The van der Waals surface area contributed by atoms with Crippen molar-refractivity contribution >= 4 is 31.4 Å². The van der Waals surface area contributed by atoms with Crippen LogP contribution >= 0.6 is 0 Å². The van der Waals surface area contributed by atoms with Gasteiger partial charge in [-0.05, 0) is 30.3 Å². The molecule has 0 saturated heterocycles. The molecule has 0 fully saturated rings. The predicted octanol–water partition coefficient (Wildman–Crippen LogP) is 2.43. The summed E-state index contributed by atoms with van der Waals surface area (Å²) in [4.78, 5) is 9.86. The first-order chi connectivity index (χ1) is 13.6. The van der Waals surface area contributed by atoms with Gasteiger partial charge >= 0.3 is 0 Å². The van der Waals surface area contributed by atoms with Crippen molar-refractivity contribution in [2.24, 2.45) is 0 Å². The van der Waals surface area contributed by atoms with E-state index in [0.29, 0.717) is 13.1 Å². The Morgan fingerprint density at radius 2 is 1.62 bits per heavy atom. The van der Waals surface area contributed by atoms with E-state index < -0.39 is 35.6 Å². The summed E-state index contributed by atoms with van der Waals surface area (Å²) >= 11 is 0. The van der Waals surface area contributed by atoms with Crippen molar-refractivity contribution in [3.05, 3.63) is 52.6 Å². The summed E-state index contributed by atoms with van der Waals surface area (Å²) in [6.07, 6.45) is 0. The Labute approximate surface area is 169 Å². The molecule has 2 aromatic carbocycles. The number of non-ortho nitro benzene ring substituents is 1. The van der Waals surface area contributed by atoms with Crippen LogP contribution in [0.4, 0.5) is 11.4 Å². The highest BCUT2D eigenvalue weighted by atomic mass is 32.2. The summed E-state index contributed by atoms with van der Waals surface area (Å²) in [5, 5.41) is 11.0. The summed E-state index contributed by atoms with van der Waals surface area (Å²) in [7, 11) is -6.66. The topological polar surface area (TPSA) is 136 Å². The van der Waals surface area contributed by atoms with E-state index in [4.69, 9.17) is 4.74 Å². The Morgan fingerprint density at radius 1 is 1.03 bits per heavy atom. The van der Waals surface area contributed by atoms with Crippen molar-refractivity contribution in [2.45, 2.75) is 23.6 Å². The second kappa shape index (κ2) is 8.76. The summed E-state index contributed by atoms with van der Waals surface area (Å²) < 4.78 is 58.9. The Kier molecular flexibility index (Phi) is 6.82. The standard InChI is InChI=1S/C17H21N3O7S2/c1-4-19(5-2)29(25,26)15-9-6-13(7-10-15)18-28(23,24)17-12-14(20(21)22)8-11-16(17)27-3/h6-12,18H,4-5H2,1-3H3. The molecule has 0 saturated carbocycles. The minimum atomic E-state index is -4.23. The highest BCUT2D eigenvalue weighted by Gasteiger charge is 2.24. The van der Waals surface area contributed by atoms with E-state index in [9.17, 15) is 26.9 Å². The molecule has 0 aromatic heterocycles. The summed E-state index contributed by atoms with van der Waals surface area (Å²) in [5.41, 5.74) is -0.316. The molecular formula is C17H21N3O7S2. The van der Waals surface area contributed by atoms with E-state index in [1.54, 1.807) is 13.8 Å². The zero-order valence-electron chi connectivity index (χ0n) is 16.0. The third-order valence-electron chi connectivity index (χ3n) is 4.10. The summed E-state index contributed by atoms with van der Waals surface area (Å²) in [6, 6.07) is 8.39. The van der Waals surface area contributed by atoms with E-state index in [2.05, 4.69) is 4.72 Å². The van der Waals surface area contributed by atoms with Gasteiger partial charge in [0.15, 0.2) is 0 Å². The Hall–Kier alpha value is -2.70. The maximum absolute atomic E-state index is 12.7. The van der Waals surface area contributed by atoms with Crippen molar-refractivity contribution in [3.8, 4) is 5.75 Å². The number of hydrogen-bond acceptors (Lipinski definition) is 7. The fourth-order valence-electron chi connectivity index (χ4n) is 2.61. The summed E-state index contributed by atoms with van der Waals surface area (Å²) in [6.45, 7) is 4.05. The van der Waals surface area contributed by atoms with Gasteiger partial charge in [-0.15, -0.1) is 0 Å². The lowest BCUT2D eigenvalue weighted by Crippen LogP contribution is -2.30. The normalized spacial score (nSPS) is 12.0. The van der Waals surface area contributed by atoms with Gasteiger partial charge in [0.05, 0.1) is 16.9 Å². The van der Waals surface area contributed by atoms with Gasteiger partial charge in [0, 0.05) is 30.9 Å². The second-order valence-corrected chi connectivity index (χ2v) is 9.40. The van der Waals surface area contributed by atoms with Gasteiger partial charge in [0.2, 0.25) is 10.0 Å². The van der Waals surface area contributed by atoms with E-state index in [-0.39, 0.29) is 16.3 Å². The van der Waals surface area contributed by atoms with Gasteiger partial charge in [-0.3, -0.25) is 14.8 Å². The first-order valence-corrected chi connectivity index (χ1v) is 11.4. The molecule has 2 aromatic rings. The molecule has 0 unspecified atom stereocenters. The minimum absolute atomic E-state index is 0.0251. The van der Waals surface area contributed by atoms with Gasteiger partial charge < -0.3 is 4.74 Å². The number of benzene rings is 2. The monoisotopic (exact) mass is 443 g/mol. The van der Waals surface area contributed by atoms with Crippen molar-refractivity contribution < 1.29 is 26.5 Å². The molecular weight excluding hydrogens is 422 g/mol. The lowest BCUT2D eigenvalue weighted by Gasteiger charge is -2.18. The number of sulfonamides is 2. The van der Waals surface area contributed by atoms with Crippen LogP contribution in [0.3, 0.4) is 0 Å². The fraction of sp³-hybridized carbons (Fsp3) is 0.294. The summed E-state index contributed by atoms with van der Waals surface area (Å²) in [5.74, 6) is -0.0659. The maximum Gasteiger partial charge on any atom is 0.271 e. The molecule has 0 aliphatic carbocycles. The molecule has 0 atom stereocenters. The Bertz CT molecular complexity index is 1090. The van der Waals surface area contributed by atoms with Crippen LogP contribution in [-0.4, -0.2) is 46.3 Å². The van der Waals surface area contributed by atoms with Crippen molar-refractivity contribution in [1.82, 2.24) is 4.31 Å². The van der Waals surface area contributed by atoms with Crippen LogP contribution in [0, 0.1) is 10.1 Å². The Morgan fingerprint density at radius 3 is 2.10 bits per heavy atom. The quantitative estimate of drug-likeness (QED) is 0.464. The first-order valence-electron chi connectivity index (χ1n) is 8.52. The average molecular weight is 444 g/mol. The highest BCUT2D eigenvalue weighted by Crippen LogP contribution is 2.30. The number of hydrogen-bond donors (Lipinski definition) is 1. The molecule has 0 aliphatic rings. The molecule has 1 N–H and O–H groups in total. The minimum Gasteiger partial charge on any atom is -0.495 e. The Balaban J connectivity index is 2.37. The van der Waals surface area contributed by atoms with Crippen LogP contribution in [0.15, 0.2) is 52.3 Å². The number of nitro groups is 1. The highest BCUT2D eigenvalue weighted by molar-refractivity contribution is 7.92. The fourth-order valence-corrected chi connectivity index (χ4v) is 5.31. The third kappa shape index (κ3) is 4.83. The number of rotatable bonds is 9.